The first kappa shape index (κ1) is 19.3. The van der Waals surface area contributed by atoms with Crippen molar-refractivity contribution in [3.8, 4) is 17.1 Å². The van der Waals surface area contributed by atoms with Gasteiger partial charge in [-0.3, -0.25) is 4.57 Å². The Morgan fingerprint density at radius 3 is 2.61 bits per heavy atom. The Morgan fingerprint density at radius 2 is 1.82 bits per heavy atom. The Balaban J connectivity index is 1.50. The fourth-order valence-corrected chi connectivity index (χ4v) is 4.74. The lowest BCUT2D eigenvalue weighted by molar-refractivity contribution is 0.341. The van der Waals surface area contributed by atoms with E-state index in [-0.39, 0.29) is 0 Å². The van der Waals surface area contributed by atoms with Crippen molar-refractivity contribution in [3.63, 3.8) is 0 Å². The Morgan fingerprint density at radius 1 is 1.07 bits per heavy atom. The topological polar surface area (TPSA) is 39.9 Å². The van der Waals surface area contributed by atoms with Crippen molar-refractivity contribution in [1.29, 1.82) is 0 Å². The molecule has 1 heterocycles. The number of halogens is 1. The molecule has 1 aliphatic carbocycles. The lowest BCUT2D eigenvalue weighted by atomic mass is 10.2. The summed E-state index contributed by atoms with van der Waals surface area (Å²) in [5, 5.41) is 10.7. The van der Waals surface area contributed by atoms with E-state index in [4.69, 9.17) is 16.3 Å². The van der Waals surface area contributed by atoms with Crippen molar-refractivity contribution in [3.05, 3.63) is 59.1 Å². The van der Waals surface area contributed by atoms with E-state index in [0.717, 1.165) is 33.6 Å². The van der Waals surface area contributed by atoms with Gasteiger partial charge in [-0.25, -0.2) is 0 Å². The van der Waals surface area contributed by atoms with Gasteiger partial charge in [-0.1, -0.05) is 66.5 Å². The van der Waals surface area contributed by atoms with Crippen LogP contribution in [0.25, 0.3) is 11.4 Å². The van der Waals surface area contributed by atoms with Crippen LogP contribution in [0.2, 0.25) is 5.02 Å². The smallest absolute Gasteiger partial charge is 0.191 e. The van der Waals surface area contributed by atoms with E-state index >= 15 is 0 Å². The highest BCUT2D eigenvalue weighted by molar-refractivity contribution is 7.99. The molecule has 0 unspecified atom stereocenters. The first-order valence-corrected chi connectivity index (χ1v) is 11.1. The number of nitrogens with zero attached hydrogens (tertiary/aromatic N) is 3. The van der Waals surface area contributed by atoms with Crippen LogP contribution >= 0.6 is 23.4 Å². The fourth-order valence-electron chi connectivity index (χ4n) is 3.70. The lowest BCUT2D eigenvalue weighted by Gasteiger charge is -2.17. The molecule has 1 saturated carbocycles. The molecule has 6 heteroatoms. The molecule has 4 rings (SSSR count). The summed E-state index contributed by atoms with van der Waals surface area (Å²) in [6, 6.07) is 16.4. The van der Waals surface area contributed by atoms with Crippen molar-refractivity contribution in [2.45, 2.75) is 43.8 Å². The van der Waals surface area contributed by atoms with Crippen molar-refractivity contribution in [2.75, 3.05) is 12.4 Å². The minimum atomic E-state index is 0.445. The summed E-state index contributed by atoms with van der Waals surface area (Å²) >= 11 is 8.15. The molecule has 0 bridgehead atoms. The fraction of sp³-hybridized carbons (Fsp3) is 0.364. The van der Waals surface area contributed by atoms with Gasteiger partial charge in [-0.2, -0.15) is 0 Å². The average molecular weight is 414 g/mol. The van der Waals surface area contributed by atoms with Gasteiger partial charge in [0.2, 0.25) is 0 Å². The molecule has 2 aromatic carbocycles. The summed E-state index contributed by atoms with van der Waals surface area (Å²) < 4.78 is 8.23. The van der Waals surface area contributed by atoms with E-state index < -0.39 is 0 Å². The number of ether oxygens (including phenoxy) is 1. The van der Waals surface area contributed by atoms with Gasteiger partial charge in [-0.05, 0) is 43.5 Å². The quantitative estimate of drug-likeness (QED) is 0.342. The van der Waals surface area contributed by atoms with Gasteiger partial charge in [0, 0.05) is 17.4 Å². The predicted octanol–water partition coefficient (Wildman–Crippen LogP) is 6.19. The Labute approximate surface area is 175 Å². The first-order chi connectivity index (χ1) is 13.7. The molecule has 0 N–H and O–H groups in total. The molecule has 3 aromatic rings. The van der Waals surface area contributed by atoms with Crippen LogP contribution in [0.15, 0.2) is 53.7 Å². The van der Waals surface area contributed by atoms with E-state index in [0.29, 0.717) is 17.7 Å². The molecule has 1 aliphatic rings. The van der Waals surface area contributed by atoms with Crippen LogP contribution < -0.4 is 4.74 Å². The van der Waals surface area contributed by atoms with E-state index in [1.165, 1.54) is 25.7 Å². The number of para-hydroxylation sites is 1. The SMILES string of the molecule is Cc1ccccc1OCCSc1nnc(-c2ccccc2Cl)n1C1CCCC1. The highest BCUT2D eigenvalue weighted by atomic mass is 35.5. The monoisotopic (exact) mass is 413 g/mol. The van der Waals surface area contributed by atoms with Crippen LogP contribution in [0.3, 0.4) is 0 Å². The number of aromatic nitrogens is 3. The summed E-state index contributed by atoms with van der Waals surface area (Å²) in [5.41, 5.74) is 2.11. The second kappa shape index (κ2) is 9.01. The minimum Gasteiger partial charge on any atom is -0.492 e. The number of hydrogen-bond acceptors (Lipinski definition) is 4. The van der Waals surface area contributed by atoms with Crippen molar-refractivity contribution >= 4 is 23.4 Å². The summed E-state index contributed by atoms with van der Waals surface area (Å²) in [4.78, 5) is 0. The highest BCUT2D eigenvalue weighted by Gasteiger charge is 2.25. The molecule has 28 heavy (non-hydrogen) atoms. The highest BCUT2D eigenvalue weighted by Crippen LogP contribution is 2.38. The second-order valence-electron chi connectivity index (χ2n) is 7.06. The number of rotatable bonds is 7. The maximum absolute atomic E-state index is 6.45. The van der Waals surface area contributed by atoms with Crippen LogP contribution in [-0.4, -0.2) is 27.1 Å². The zero-order chi connectivity index (χ0) is 19.3. The molecular formula is C22H24ClN3OS. The lowest BCUT2D eigenvalue weighted by Crippen LogP contribution is -2.09. The van der Waals surface area contributed by atoms with Gasteiger partial charge >= 0.3 is 0 Å². The molecule has 0 aliphatic heterocycles. The van der Waals surface area contributed by atoms with Gasteiger partial charge < -0.3 is 4.74 Å². The second-order valence-corrected chi connectivity index (χ2v) is 8.53. The van der Waals surface area contributed by atoms with Crippen molar-refractivity contribution < 1.29 is 4.74 Å². The van der Waals surface area contributed by atoms with Gasteiger partial charge in [0.05, 0.1) is 11.6 Å². The largest absolute Gasteiger partial charge is 0.492 e. The number of hydrogen-bond donors (Lipinski definition) is 0. The third-order valence-corrected chi connectivity index (χ3v) is 6.37. The Hall–Kier alpha value is -1.98. The molecule has 0 radical (unpaired) electrons. The molecule has 1 aromatic heterocycles. The molecule has 4 nitrogen and oxygen atoms in total. The molecule has 0 saturated heterocycles. The molecular weight excluding hydrogens is 390 g/mol. The minimum absolute atomic E-state index is 0.445. The molecule has 0 atom stereocenters. The zero-order valence-electron chi connectivity index (χ0n) is 16.0. The first-order valence-electron chi connectivity index (χ1n) is 9.75. The van der Waals surface area contributed by atoms with Gasteiger partial charge in [0.1, 0.15) is 5.75 Å². The zero-order valence-corrected chi connectivity index (χ0v) is 17.5. The molecule has 146 valence electrons. The summed E-state index contributed by atoms with van der Waals surface area (Å²) in [6.45, 7) is 2.70. The van der Waals surface area contributed by atoms with E-state index in [1.807, 2.05) is 42.5 Å². The average Bonchev–Trinajstić information content (AvgIpc) is 3.36. The van der Waals surface area contributed by atoms with Gasteiger partial charge in [0.15, 0.2) is 11.0 Å². The van der Waals surface area contributed by atoms with Crippen LogP contribution in [0.5, 0.6) is 5.75 Å². The van der Waals surface area contributed by atoms with Crippen LogP contribution in [-0.2, 0) is 0 Å². The standard InChI is InChI=1S/C22H24ClN3OS/c1-16-8-2-7-13-20(16)27-14-15-28-22-25-24-21(18-11-5-6-12-19(18)23)26(22)17-9-3-4-10-17/h2,5-8,11-13,17H,3-4,9-10,14-15H2,1H3. The van der Waals surface area contributed by atoms with Crippen molar-refractivity contribution in [1.82, 2.24) is 14.8 Å². The Kier molecular flexibility index (Phi) is 6.23. The maximum Gasteiger partial charge on any atom is 0.191 e. The van der Waals surface area contributed by atoms with E-state index in [2.05, 4.69) is 27.8 Å². The van der Waals surface area contributed by atoms with Gasteiger partial charge in [-0.15, -0.1) is 10.2 Å². The molecule has 1 fully saturated rings. The maximum atomic E-state index is 6.45. The van der Waals surface area contributed by atoms with E-state index in [9.17, 15) is 0 Å². The third-order valence-electron chi connectivity index (χ3n) is 5.13. The Bertz CT molecular complexity index is 937. The van der Waals surface area contributed by atoms with Crippen LogP contribution in [0, 0.1) is 6.92 Å². The predicted molar refractivity (Wildman–Crippen MR) is 115 cm³/mol. The third kappa shape index (κ3) is 4.20. The van der Waals surface area contributed by atoms with Crippen LogP contribution in [0.1, 0.15) is 37.3 Å². The van der Waals surface area contributed by atoms with E-state index in [1.54, 1.807) is 11.8 Å². The van der Waals surface area contributed by atoms with Crippen LogP contribution in [0.4, 0.5) is 0 Å². The number of benzene rings is 2. The number of thioether (sulfide) groups is 1. The summed E-state index contributed by atoms with van der Waals surface area (Å²) in [6.07, 6.45) is 4.85. The summed E-state index contributed by atoms with van der Waals surface area (Å²) in [7, 11) is 0. The normalized spacial score (nSPS) is 14.5. The van der Waals surface area contributed by atoms with Gasteiger partial charge in [0.25, 0.3) is 0 Å². The molecule has 0 amide bonds. The van der Waals surface area contributed by atoms with Crippen molar-refractivity contribution in [2.24, 2.45) is 0 Å². The number of aryl methyl sites for hydroxylation is 1. The summed E-state index contributed by atoms with van der Waals surface area (Å²) in [5.74, 6) is 2.64. The molecule has 0 spiro atoms.